The average molecular weight is 326 g/mol. The van der Waals surface area contributed by atoms with Crippen LogP contribution in [-0.2, 0) is 6.42 Å². The highest BCUT2D eigenvalue weighted by Gasteiger charge is 1.99. The van der Waals surface area contributed by atoms with Crippen LogP contribution in [0.1, 0.15) is 37.1 Å². The molecule has 3 nitrogen and oxygen atoms in total. The van der Waals surface area contributed by atoms with Gasteiger partial charge in [0.25, 0.3) is 0 Å². The predicted octanol–water partition coefficient (Wildman–Crippen LogP) is 4.38. The quantitative estimate of drug-likeness (QED) is 0.804. The number of nitrogens with one attached hydrogen (secondary N) is 2. The zero-order chi connectivity index (χ0) is 12.8. The van der Waals surface area contributed by atoms with E-state index in [-0.39, 0.29) is 0 Å². The van der Waals surface area contributed by atoms with Crippen LogP contribution in [0.3, 0.4) is 0 Å². The lowest BCUT2D eigenvalue weighted by molar-refractivity contribution is 0.504. The van der Waals surface area contributed by atoms with Gasteiger partial charge in [-0.3, -0.25) is 10.2 Å². The fourth-order valence-electron chi connectivity index (χ4n) is 1.48. The first-order valence-corrected chi connectivity index (χ1v) is 7.32. The summed E-state index contributed by atoms with van der Waals surface area (Å²) in [5.74, 6) is 0.855. The molecule has 96 valence electrons. The van der Waals surface area contributed by atoms with Crippen LogP contribution in [0.5, 0.6) is 0 Å². The molecule has 3 rings (SSSR count). The molecular weight excluding hydrogens is 310 g/mol. The highest BCUT2D eigenvalue weighted by molar-refractivity contribution is 9.10. The van der Waals surface area contributed by atoms with Crippen LogP contribution in [0.2, 0.25) is 0 Å². The van der Waals surface area contributed by atoms with Crippen LogP contribution in [0.25, 0.3) is 0 Å². The summed E-state index contributed by atoms with van der Waals surface area (Å²) in [6, 6.07) is 8.11. The number of nitrogens with zero attached hydrogens (tertiary/aromatic N) is 1. The minimum absolute atomic E-state index is 0.495. The summed E-state index contributed by atoms with van der Waals surface area (Å²) >= 11 is 8.29. The number of hydrogen-bond donors (Lipinski definition) is 2. The second-order valence-electron chi connectivity index (χ2n) is 4.33. The Bertz CT molecular complexity index is 539. The van der Waals surface area contributed by atoms with E-state index in [1.165, 1.54) is 31.2 Å². The van der Waals surface area contributed by atoms with E-state index in [0.29, 0.717) is 4.77 Å². The molecule has 2 aromatic rings. The Morgan fingerprint density at radius 2 is 1.89 bits per heavy atom. The smallest absolute Gasteiger partial charge is 0.213 e. The summed E-state index contributed by atoms with van der Waals surface area (Å²) in [7, 11) is 0. The van der Waals surface area contributed by atoms with Gasteiger partial charge in [-0.05, 0) is 29.9 Å². The minimum atomic E-state index is 0.495. The summed E-state index contributed by atoms with van der Waals surface area (Å²) in [6.45, 7) is 0. The molecular formula is C13H16BrN3S. The Hall–Kier alpha value is -0.940. The number of H-pyrrole nitrogens is 2. The molecule has 0 saturated heterocycles. The fourth-order valence-corrected chi connectivity index (χ4v) is 2.09. The fraction of sp³-hybridized carbons (Fsp3) is 0.385. The van der Waals surface area contributed by atoms with Gasteiger partial charge >= 0.3 is 0 Å². The van der Waals surface area contributed by atoms with Gasteiger partial charge in [0.1, 0.15) is 5.82 Å². The molecule has 2 N–H and O–H groups in total. The van der Waals surface area contributed by atoms with E-state index in [1.807, 2.05) is 12.1 Å². The van der Waals surface area contributed by atoms with Crippen molar-refractivity contribution < 1.29 is 0 Å². The molecule has 18 heavy (non-hydrogen) atoms. The van der Waals surface area contributed by atoms with Gasteiger partial charge in [-0.25, -0.2) is 4.98 Å². The van der Waals surface area contributed by atoms with Crippen molar-refractivity contribution in [2.75, 3.05) is 0 Å². The number of aromatic amines is 2. The topological polar surface area (TPSA) is 44.5 Å². The van der Waals surface area contributed by atoms with Gasteiger partial charge in [0, 0.05) is 10.9 Å². The van der Waals surface area contributed by atoms with Gasteiger partial charge in [-0.15, -0.1) is 0 Å². The van der Waals surface area contributed by atoms with Crippen molar-refractivity contribution in [2.24, 2.45) is 0 Å². The maximum atomic E-state index is 4.87. The molecule has 1 saturated carbocycles. The third kappa shape index (κ3) is 4.38. The van der Waals surface area contributed by atoms with Crippen LogP contribution in [0, 0.1) is 4.77 Å². The van der Waals surface area contributed by atoms with E-state index in [1.54, 1.807) is 0 Å². The van der Waals surface area contributed by atoms with E-state index >= 15 is 0 Å². The summed E-state index contributed by atoms with van der Waals surface area (Å²) in [4.78, 5) is 4.12. The number of hydrogen-bond acceptors (Lipinski definition) is 2. The van der Waals surface area contributed by atoms with Gasteiger partial charge in [-0.1, -0.05) is 53.7 Å². The Morgan fingerprint density at radius 3 is 2.39 bits per heavy atom. The van der Waals surface area contributed by atoms with Crippen molar-refractivity contribution in [1.29, 1.82) is 0 Å². The summed E-state index contributed by atoms with van der Waals surface area (Å²) in [5.41, 5.74) is 1.19. The van der Waals surface area contributed by atoms with E-state index in [2.05, 4.69) is 43.2 Å². The molecule has 1 fully saturated rings. The van der Waals surface area contributed by atoms with Crippen LogP contribution in [0.15, 0.2) is 28.7 Å². The molecule has 5 heteroatoms. The van der Waals surface area contributed by atoms with E-state index < -0.39 is 0 Å². The van der Waals surface area contributed by atoms with Crippen molar-refractivity contribution in [3.63, 3.8) is 0 Å². The molecule has 1 aliphatic carbocycles. The van der Waals surface area contributed by atoms with Crippen molar-refractivity contribution >= 4 is 28.1 Å². The van der Waals surface area contributed by atoms with Crippen molar-refractivity contribution in [3.8, 4) is 0 Å². The van der Waals surface area contributed by atoms with Crippen LogP contribution in [-0.4, -0.2) is 15.2 Å². The first-order valence-electron chi connectivity index (χ1n) is 6.12. The maximum Gasteiger partial charge on any atom is 0.213 e. The molecule has 0 radical (unpaired) electrons. The van der Waals surface area contributed by atoms with Crippen LogP contribution in [0.4, 0.5) is 0 Å². The van der Waals surface area contributed by atoms with E-state index in [0.717, 1.165) is 16.7 Å². The maximum absolute atomic E-state index is 4.87. The van der Waals surface area contributed by atoms with E-state index in [9.17, 15) is 0 Å². The van der Waals surface area contributed by atoms with Gasteiger partial charge in [0.2, 0.25) is 4.77 Å². The molecule has 1 aromatic carbocycles. The monoisotopic (exact) mass is 325 g/mol. The average Bonchev–Trinajstić information content (AvgIpc) is 2.61. The normalized spacial score (nSPS) is 13.4. The van der Waals surface area contributed by atoms with Crippen molar-refractivity contribution in [3.05, 3.63) is 44.9 Å². The molecule has 0 aliphatic heterocycles. The number of aromatic nitrogens is 3. The van der Waals surface area contributed by atoms with Crippen molar-refractivity contribution in [2.45, 2.75) is 32.1 Å². The van der Waals surface area contributed by atoms with E-state index in [4.69, 9.17) is 12.2 Å². The summed E-state index contributed by atoms with van der Waals surface area (Å²) in [6.07, 6.45) is 6.76. The largest absolute Gasteiger partial charge is 0.285 e. The van der Waals surface area contributed by atoms with Gasteiger partial charge in [-0.2, -0.15) is 0 Å². The zero-order valence-corrected chi connectivity index (χ0v) is 12.5. The third-order valence-corrected chi connectivity index (χ3v) is 3.50. The Morgan fingerprint density at radius 1 is 1.17 bits per heavy atom. The minimum Gasteiger partial charge on any atom is -0.285 e. The van der Waals surface area contributed by atoms with Gasteiger partial charge < -0.3 is 0 Å². The Kier molecular flexibility index (Phi) is 5.13. The first kappa shape index (κ1) is 13.5. The molecule has 1 heterocycles. The molecule has 1 aliphatic rings. The molecule has 0 amide bonds. The van der Waals surface area contributed by atoms with Crippen molar-refractivity contribution in [1.82, 2.24) is 15.2 Å². The lowest BCUT2D eigenvalue weighted by atomic mass is 10.0. The highest BCUT2D eigenvalue weighted by atomic mass is 79.9. The zero-order valence-electron chi connectivity index (χ0n) is 10.1. The highest BCUT2D eigenvalue weighted by Crippen LogP contribution is 2.15. The number of rotatable bonds is 2. The third-order valence-electron chi connectivity index (χ3n) is 2.81. The van der Waals surface area contributed by atoms with Gasteiger partial charge in [0.15, 0.2) is 0 Å². The summed E-state index contributed by atoms with van der Waals surface area (Å²) in [5, 5.41) is 5.69. The molecule has 0 bridgehead atoms. The van der Waals surface area contributed by atoms with Crippen LogP contribution >= 0.6 is 28.1 Å². The first-order chi connectivity index (χ1) is 8.74. The molecule has 1 aromatic heterocycles. The number of benzene rings is 1. The second kappa shape index (κ2) is 6.85. The molecule has 0 atom stereocenters. The Labute approximate surface area is 120 Å². The number of halogens is 1. The molecule has 0 spiro atoms. The predicted molar refractivity (Wildman–Crippen MR) is 79.2 cm³/mol. The molecule has 0 unspecified atom stereocenters. The van der Waals surface area contributed by atoms with Gasteiger partial charge in [0.05, 0.1) is 0 Å². The standard InChI is InChI=1S/C9H8BrN3S.C4H8/c10-7-3-1-2-6(4-7)5-8-11-9(14)13-12-8;1-2-4-3-1/h1-4H,5H2,(H2,11,12,13,14);1-4H2. The SMILES string of the molecule is C1CCC1.S=c1nc(Cc2cccc(Br)c2)[nH][nH]1. The lowest BCUT2D eigenvalue weighted by Gasteiger charge is -2.05. The second-order valence-corrected chi connectivity index (χ2v) is 5.64. The van der Waals surface area contributed by atoms with Crippen LogP contribution < -0.4 is 0 Å². The Balaban J connectivity index is 0.000000256. The lowest BCUT2D eigenvalue weighted by Crippen LogP contribution is -1.90. The summed E-state index contributed by atoms with van der Waals surface area (Å²) < 4.78 is 1.57.